The van der Waals surface area contributed by atoms with Crippen LogP contribution in [0.2, 0.25) is 0 Å². The number of amides is 2. The molecule has 1 aromatic carbocycles. The van der Waals surface area contributed by atoms with Crippen LogP contribution in [0.5, 0.6) is 0 Å². The minimum absolute atomic E-state index is 0.193. The molecular formula is C19H26N2O2. The molecule has 23 heavy (non-hydrogen) atoms. The Morgan fingerprint density at radius 2 is 1.87 bits per heavy atom. The highest BCUT2D eigenvalue weighted by molar-refractivity contribution is 5.80. The maximum atomic E-state index is 12.2. The van der Waals surface area contributed by atoms with E-state index < -0.39 is 0 Å². The summed E-state index contributed by atoms with van der Waals surface area (Å²) in [5, 5.41) is 3.08. The van der Waals surface area contributed by atoms with Crippen LogP contribution in [0.3, 0.4) is 0 Å². The number of benzene rings is 1. The molecule has 0 radical (unpaired) electrons. The molecule has 2 fully saturated rings. The molecule has 0 spiro atoms. The van der Waals surface area contributed by atoms with E-state index in [1.54, 1.807) is 0 Å². The van der Waals surface area contributed by atoms with E-state index >= 15 is 0 Å². The number of carbonyl (C=O) groups is 2. The lowest BCUT2D eigenvalue weighted by atomic mass is 9.88. The van der Waals surface area contributed by atoms with Gasteiger partial charge in [0.15, 0.2) is 0 Å². The van der Waals surface area contributed by atoms with Crippen molar-refractivity contribution < 1.29 is 9.59 Å². The number of hydrogen-bond donors (Lipinski definition) is 1. The molecule has 1 aromatic rings. The van der Waals surface area contributed by atoms with E-state index in [0.29, 0.717) is 19.5 Å². The number of carbonyl (C=O) groups excluding carboxylic acids is 2. The average Bonchev–Trinajstić information content (AvgIpc) is 2.94. The number of nitrogens with zero attached hydrogens (tertiary/aromatic N) is 1. The molecule has 1 aliphatic heterocycles. The van der Waals surface area contributed by atoms with Crippen molar-refractivity contribution in [3.63, 3.8) is 0 Å². The highest BCUT2D eigenvalue weighted by Gasteiger charge is 2.30. The molecule has 3 rings (SSSR count). The predicted molar refractivity (Wildman–Crippen MR) is 89.6 cm³/mol. The molecule has 1 N–H and O–H groups in total. The molecule has 0 bridgehead atoms. The van der Waals surface area contributed by atoms with E-state index in [1.165, 1.54) is 19.3 Å². The summed E-state index contributed by atoms with van der Waals surface area (Å²) in [4.78, 5) is 26.3. The van der Waals surface area contributed by atoms with Gasteiger partial charge < -0.3 is 10.2 Å². The first-order chi connectivity index (χ1) is 11.2. The van der Waals surface area contributed by atoms with Crippen LogP contribution in [0, 0.1) is 11.8 Å². The fraction of sp³-hybridized carbons (Fsp3) is 0.579. The highest BCUT2D eigenvalue weighted by Crippen LogP contribution is 2.24. The predicted octanol–water partition coefficient (Wildman–Crippen LogP) is 2.73. The van der Waals surface area contributed by atoms with Gasteiger partial charge >= 0.3 is 0 Å². The molecule has 1 atom stereocenters. The van der Waals surface area contributed by atoms with Crippen molar-refractivity contribution in [1.29, 1.82) is 0 Å². The van der Waals surface area contributed by atoms with E-state index in [9.17, 15) is 9.59 Å². The molecule has 1 aliphatic carbocycles. The van der Waals surface area contributed by atoms with Crippen LogP contribution in [0.4, 0.5) is 0 Å². The summed E-state index contributed by atoms with van der Waals surface area (Å²) in [6.45, 7) is 2.05. The zero-order chi connectivity index (χ0) is 16.1. The first kappa shape index (κ1) is 16.0. The van der Waals surface area contributed by atoms with Crippen LogP contribution < -0.4 is 5.32 Å². The lowest BCUT2D eigenvalue weighted by Crippen LogP contribution is -2.36. The van der Waals surface area contributed by atoms with Crippen molar-refractivity contribution in [2.45, 2.75) is 45.1 Å². The van der Waals surface area contributed by atoms with Gasteiger partial charge in [0.2, 0.25) is 11.8 Å². The van der Waals surface area contributed by atoms with Gasteiger partial charge in [-0.05, 0) is 18.4 Å². The van der Waals surface area contributed by atoms with Crippen molar-refractivity contribution in [1.82, 2.24) is 10.2 Å². The van der Waals surface area contributed by atoms with Gasteiger partial charge in [-0.15, -0.1) is 0 Å². The third kappa shape index (κ3) is 4.34. The van der Waals surface area contributed by atoms with Gasteiger partial charge in [-0.3, -0.25) is 9.59 Å². The van der Waals surface area contributed by atoms with Gasteiger partial charge in [-0.25, -0.2) is 0 Å². The van der Waals surface area contributed by atoms with E-state index in [4.69, 9.17) is 0 Å². The SMILES string of the molecule is O=C(NC[C@H]1CC(=O)N(Cc2ccccc2)C1)C1CCCCC1. The van der Waals surface area contributed by atoms with E-state index in [2.05, 4.69) is 5.32 Å². The number of hydrogen-bond acceptors (Lipinski definition) is 2. The van der Waals surface area contributed by atoms with Crippen molar-refractivity contribution >= 4 is 11.8 Å². The number of nitrogens with one attached hydrogen (secondary N) is 1. The molecule has 1 saturated carbocycles. The van der Waals surface area contributed by atoms with Gasteiger partial charge in [-0.2, -0.15) is 0 Å². The van der Waals surface area contributed by atoms with Gasteiger partial charge in [-0.1, -0.05) is 49.6 Å². The lowest BCUT2D eigenvalue weighted by Gasteiger charge is -2.22. The summed E-state index contributed by atoms with van der Waals surface area (Å²) < 4.78 is 0. The van der Waals surface area contributed by atoms with Gasteiger partial charge in [0.1, 0.15) is 0 Å². The maximum Gasteiger partial charge on any atom is 0.223 e. The molecule has 2 aliphatic rings. The summed E-state index contributed by atoms with van der Waals surface area (Å²) in [5.74, 6) is 0.837. The van der Waals surface area contributed by atoms with Crippen LogP contribution in [-0.2, 0) is 16.1 Å². The van der Waals surface area contributed by atoms with E-state index in [1.807, 2.05) is 35.2 Å². The molecular weight excluding hydrogens is 288 g/mol. The average molecular weight is 314 g/mol. The fourth-order valence-corrected chi connectivity index (χ4v) is 3.70. The third-order valence-electron chi connectivity index (χ3n) is 5.05. The lowest BCUT2D eigenvalue weighted by molar-refractivity contribution is -0.128. The van der Waals surface area contributed by atoms with Gasteiger partial charge in [0, 0.05) is 37.9 Å². The Hall–Kier alpha value is -1.84. The fourth-order valence-electron chi connectivity index (χ4n) is 3.70. The quantitative estimate of drug-likeness (QED) is 0.908. The van der Waals surface area contributed by atoms with Crippen molar-refractivity contribution in [2.75, 3.05) is 13.1 Å². The summed E-state index contributed by atoms with van der Waals surface area (Å²) in [7, 11) is 0. The standard InChI is InChI=1S/C19H26N2O2/c22-18-11-16(12-20-19(23)17-9-5-2-6-10-17)14-21(18)13-15-7-3-1-4-8-15/h1,3-4,7-8,16-17H,2,5-6,9-14H2,(H,20,23)/t16-/m1/s1. The van der Waals surface area contributed by atoms with E-state index in [-0.39, 0.29) is 23.7 Å². The molecule has 1 heterocycles. The Morgan fingerprint density at radius 1 is 1.13 bits per heavy atom. The summed E-state index contributed by atoms with van der Waals surface area (Å²) in [5.41, 5.74) is 1.16. The summed E-state index contributed by atoms with van der Waals surface area (Å²) >= 11 is 0. The Labute approximate surface area is 138 Å². The molecule has 0 unspecified atom stereocenters. The van der Waals surface area contributed by atoms with E-state index in [0.717, 1.165) is 24.9 Å². The first-order valence-electron chi connectivity index (χ1n) is 8.82. The smallest absolute Gasteiger partial charge is 0.223 e. The Kier molecular flexibility index (Phi) is 5.31. The molecule has 1 saturated heterocycles. The molecule has 124 valence electrons. The van der Waals surface area contributed by atoms with Gasteiger partial charge in [0.05, 0.1) is 0 Å². The minimum atomic E-state index is 0.193. The van der Waals surface area contributed by atoms with Gasteiger partial charge in [0.25, 0.3) is 0 Å². The van der Waals surface area contributed by atoms with Crippen LogP contribution >= 0.6 is 0 Å². The third-order valence-corrected chi connectivity index (χ3v) is 5.05. The van der Waals surface area contributed by atoms with Crippen LogP contribution in [0.25, 0.3) is 0 Å². The second-order valence-electron chi connectivity index (χ2n) is 6.91. The van der Waals surface area contributed by atoms with Crippen LogP contribution in [0.15, 0.2) is 30.3 Å². The highest BCUT2D eigenvalue weighted by atomic mass is 16.2. The Balaban J connectivity index is 1.45. The summed E-state index contributed by atoms with van der Waals surface area (Å²) in [6.07, 6.45) is 6.20. The minimum Gasteiger partial charge on any atom is -0.356 e. The first-order valence-corrected chi connectivity index (χ1v) is 8.82. The van der Waals surface area contributed by atoms with Crippen LogP contribution in [-0.4, -0.2) is 29.8 Å². The topological polar surface area (TPSA) is 49.4 Å². The van der Waals surface area contributed by atoms with Crippen molar-refractivity contribution in [3.8, 4) is 0 Å². The molecule has 0 aromatic heterocycles. The summed E-state index contributed by atoms with van der Waals surface area (Å²) in [6, 6.07) is 10.1. The largest absolute Gasteiger partial charge is 0.356 e. The monoisotopic (exact) mass is 314 g/mol. The normalized spacial score (nSPS) is 22.3. The zero-order valence-corrected chi connectivity index (χ0v) is 13.7. The Morgan fingerprint density at radius 3 is 2.61 bits per heavy atom. The molecule has 2 amide bonds. The Bertz CT molecular complexity index is 538. The maximum absolute atomic E-state index is 12.2. The number of rotatable bonds is 5. The zero-order valence-electron chi connectivity index (χ0n) is 13.7. The van der Waals surface area contributed by atoms with Crippen LogP contribution in [0.1, 0.15) is 44.1 Å². The second-order valence-corrected chi connectivity index (χ2v) is 6.91. The number of likely N-dealkylation sites (tertiary alicyclic amines) is 1. The van der Waals surface area contributed by atoms with Crippen molar-refractivity contribution in [2.24, 2.45) is 11.8 Å². The second kappa shape index (κ2) is 7.62. The molecule has 4 heteroatoms. The van der Waals surface area contributed by atoms with Crippen molar-refractivity contribution in [3.05, 3.63) is 35.9 Å². The molecule has 4 nitrogen and oxygen atoms in total.